The Balaban J connectivity index is 3.39. The standard InChI is InChI=1S/C9H19N/c1-4-7-8-9(5-2)10-6-3/h6,9H,4-5,7-8H2,1-3H3/b10-6+. The van der Waals surface area contributed by atoms with Gasteiger partial charge in [0.15, 0.2) is 0 Å². The van der Waals surface area contributed by atoms with E-state index in [1.807, 2.05) is 13.1 Å². The lowest BCUT2D eigenvalue weighted by Crippen LogP contribution is -2.01. The first-order valence-corrected chi connectivity index (χ1v) is 4.32. The molecule has 0 aromatic heterocycles. The zero-order valence-electron chi connectivity index (χ0n) is 7.43. The summed E-state index contributed by atoms with van der Waals surface area (Å²) in [6, 6.07) is 0.588. The van der Waals surface area contributed by atoms with Gasteiger partial charge < -0.3 is 0 Å². The normalized spacial score (nSPS) is 14.3. The molecule has 10 heavy (non-hydrogen) atoms. The monoisotopic (exact) mass is 141 g/mol. The quantitative estimate of drug-likeness (QED) is 0.522. The van der Waals surface area contributed by atoms with Gasteiger partial charge in [0.1, 0.15) is 0 Å². The largest absolute Gasteiger partial charge is 0.295 e. The number of aliphatic imine (C=N–C) groups is 1. The number of unbranched alkanes of at least 4 members (excludes halogenated alkanes) is 1. The van der Waals surface area contributed by atoms with Crippen LogP contribution in [0.1, 0.15) is 46.5 Å². The summed E-state index contributed by atoms with van der Waals surface area (Å²) in [5, 5.41) is 0. The highest BCUT2D eigenvalue weighted by Gasteiger charge is 1.99. The molecule has 1 heteroatoms. The third-order valence-corrected chi connectivity index (χ3v) is 1.72. The van der Waals surface area contributed by atoms with Crippen LogP contribution >= 0.6 is 0 Å². The molecule has 60 valence electrons. The molecule has 0 saturated heterocycles. The van der Waals surface area contributed by atoms with Crippen LogP contribution in [0, 0.1) is 0 Å². The molecule has 0 amide bonds. The molecule has 0 aromatic carbocycles. The Bertz CT molecular complexity index is 86.7. The highest BCUT2D eigenvalue weighted by atomic mass is 14.8. The van der Waals surface area contributed by atoms with E-state index in [0.717, 1.165) is 0 Å². The molecule has 0 spiro atoms. The Hall–Kier alpha value is -0.330. The third kappa shape index (κ3) is 4.54. The Morgan fingerprint density at radius 2 is 2.10 bits per heavy atom. The second kappa shape index (κ2) is 6.79. The molecule has 0 radical (unpaired) electrons. The average molecular weight is 141 g/mol. The number of rotatable bonds is 5. The van der Waals surface area contributed by atoms with Crippen molar-refractivity contribution in [3.63, 3.8) is 0 Å². The molecule has 0 fully saturated rings. The molecule has 1 nitrogen and oxygen atoms in total. The van der Waals surface area contributed by atoms with Gasteiger partial charge in [-0.2, -0.15) is 0 Å². The second-order valence-corrected chi connectivity index (χ2v) is 2.61. The van der Waals surface area contributed by atoms with E-state index in [9.17, 15) is 0 Å². The van der Waals surface area contributed by atoms with Gasteiger partial charge in [-0.15, -0.1) is 0 Å². The molecule has 0 aromatic rings. The van der Waals surface area contributed by atoms with Crippen molar-refractivity contribution in [3.8, 4) is 0 Å². The molecule has 0 saturated carbocycles. The maximum absolute atomic E-state index is 4.36. The van der Waals surface area contributed by atoms with E-state index in [2.05, 4.69) is 18.8 Å². The van der Waals surface area contributed by atoms with Crippen molar-refractivity contribution >= 4 is 6.21 Å². The van der Waals surface area contributed by atoms with Crippen molar-refractivity contribution in [1.82, 2.24) is 0 Å². The Kier molecular flexibility index (Phi) is 6.56. The van der Waals surface area contributed by atoms with Crippen LogP contribution in [0.4, 0.5) is 0 Å². The van der Waals surface area contributed by atoms with Crippen molar-refractivity contribution < 1.29 is 0 Å². The van der Waals surface area contributed by atoms with Gasteiger partial charge in [-0.1, -0.05) is 26.7 Å². The summed E-state index contributed by atoms with van der Waals surface area (Å²) in [4.78, 5) is 4.36. The second-order valence-electron chi connectivity index (χ2n) is 2.61. The van der Waals surface area contributed by atoms with E-state index in [1.54, 1.807) is 0 Å². The fraction of sp³-hybridized carbons (Fsp3) is 0.889. The van der Waals surface area contributed by atoms with Crippen LogP contribution in [-0.4, -0.2) is 12.3 Å². The maximum Gasteiger partial charge on any atom is 0.0493 e. The molecule has 0 heterocycles. The van der Waals surface area contributed by atoms with Gasteiger partial charge in [-0.25, -0.2) is 0 Å². The molecule has 0 aliphatic heterocycles. The average Bonchev–Trinajstić information content (AvgIpc) is 1.98. The van der Waals surface area contributed by atoms with Gasteiger partial charge in [-0.3, -0.25) is 4.99 Å². The summed E-state index contributed by atoms with van der Waals surface area (Å²) >= 11 is 0. The third-order valence-electron chi connectivity index (χ3n) is 1.72. The molecule has 0 N–H and O–H groups in total. The fourth-order valence-corrected chi connectivity index (χ4v) is 1.03. The van der Waals surface area contributed by atoms with E-state index in [4.69, 9.17) is 0 Å². The molecule has 1 unspecified atom stereocenters. The van der Waals surface area contributed by atoms with Crippen LogP contribution in [0.5, 0.6) is 0 Å². The van der Waals surface area contributed by atoms with Crippen LogP contribution < -0.4 is 0 Å². The van der Waals surface area contributed by atoms with Crippen LogP contribution in [-0.2, 0) is 0 Å². The SMILES string of the molecule is C/C=N/C(CC)CCCC. The minimum Gasteiger partial charge on any atom is -0.295 e. The molecule has 0 bridgehead atoms. The molecular weight excluding hydrogens is 122 g/mol. The zero-order valence-corrected chi connectivity index (χ0v) is 7.43. The predicted molar refractivity (Wildman–Crippen MR) is 47.8 cm³/mol. The first-order valence-electron chi connectivity index (χ1n) is 4.32. The Morgan fingerprint density at radius 1 is 1.40 bits per heavy atom. The first-order chi connectivity index (χ1) is 4.85. The molecule has 0 rings (SSSR count). The van der Waals surface area contributed by atoms with Gasteiger partial charge in [0.05, 0.1) is 0 Å². The summed E-state index contributed by atoms with van der Waals surface area (Å²) in [5.74, 6) is 0. The van der Waals surface area contributed by atoms with Crippen LogP contribution in [0.15, 0.2) is 4.99 Å². The van der Waals surface area contributed by atoms with Crippen molar-refractivity contribution in [2.45, 2.75) is 52.5 Å². The van der Waals surface area contributed by atoms with Gasteiger partial charge in [0.25, 0.3) is 0 Å². The lowest BCUT2D eigenvalue weighted by Gasteiger charge is -2.06. The zero-order chi connectivity index (χ0) is 7.82. The van der Waals surface area contributed by atoms with Gasteiger partial charge >= 0.3 is 0 Å². The van der Waals surface area contributed by atoms with E-state index in [-0.39, 0.29) is 0 Å². The fourth-order valence-electron chi connectivity index (χ4n) is 1.03. The van der Waals surface area contributed by atoms with Crippen LogP contribution in [0.2, 0.25) is 0 Å². The minimum atomic E-state index is 0.588. The first kappa shape index (κ1) is 9.67. The highest BCUT2D eigenvalue weighted by Crippen LogP contribution is 2.07. The van der Waals surface area contributed by atoms with Crippen molar-refractivity contribution in [2.75, 3.05) is 0 Å². The summed E-state index contributed by atoms with van der Waals surface area (Å²) in [6.45, 7) is 6.42. The molecular formula is C9H19N. The van der Waals surface area contributed by atoms with Crippen molar-refractivity contribution in [1.29, 1.82) is 0 Å². The lowest BCUT2D eigenvalue weighted by atomic mass is 10.1. The summed E-state index contributed by atoms with van der Waals surface area (Å²) in [7, 11) is 0. The topological polar surface area (TPSA) is 12.4 Å². The van der Waals surface area contributed by atoms with Crippen LogP contribution in [0.25, 0.3) is 0 Å². The van der Waals surface area contributed by atoms with Crippen molar-refractivity contribution in [3.05, 3.63) is 0 Å². The number of hydrogen-bond acceptors (Lipinski definition) is 1. The van der Waals surface area contributed by atoms with Crippen LogP contribution in [0.3, 0.4) is 0 Å². The van der Waals surface area contributed by atoms with Gasteiger partial charge in [0.2, 0.25) is 0 Å². The Labute approximate surface area is 64.6 Å². The van der Waals surface area contributed by atoms with Crippen molar-refractivity contribution in [2.24, 2.45) is 4.99 Å². The maximum atomic E-state index is 4.36. The number of hydrogen-bond donors (Lipinski definition) is 0. The minimum absolute atomic E-state index is 0.588. The smallest absolute Gasteiger partial charge is 0.0493 e. The number of nitrogens with zero attached hydrogens (tertiary/aromatic N) is 1. The Morgan fingerprint density at radius 3 is 2.50 bits per heavy atom. The molecule has 0 aliphatic carbocycles. The van der Waals surface area contributed by atoms with Gasteiger partial charge in [-0.05, 0) is 26.0 Å². The molecule has 1 atom stereocenters. The summed E-state index contributed by atoms with van der Waals surface area (Å²) < 4.78 is 0. The predicted octanol–water partition coefficient (Wildman–Crippen LogP) is 3.05. The van der Waals surface area contributed by atoms with E-state index >= 15 is 0 Å². The lowest BCUT2D eigenvalue weighted by molar-refractivity contribution is 0.566. The molecule has 0 aliphatic rings. The van der Waals surface area contributed by atoms with E-state index in [1.165, 1.54) is 25.7 Å². The highest BCUT2D eigenvalue weighted by molar-refractivity contribution is 5.53. The van der Waals surface area contributed by atoms with E-state index < -0.39 is 0 Å². The van der Waals surface area contributed by atoms with E-state index in [0.29, 0.717) is 6.04 Å². The van der Waals surface area contributed by atoms with Gasteiger partial charge in [0, 0.05) is 6.04 Å². The summed E-state index contributed by atoms with van der Waals surface area (Å²) in [6.07, 6.45) is 6.97. The summed E-state index contributed by atoms with van der Waals surface area (Å²) in [5.41, 5.74) is 0.